The molecule has 1 spiro atoms. The fourth-order valence-corrected chi connectivity index (χ4v) is 7.73. The lowest BCUT2D eigenvalue weighted by atomic mass is 9.78. The van der Waals surface area contributed by atoms with Crippen molar-refractivity contribution in [2.45, 2.75) is 82.0 Å². The van der Waals surface area contributed by atoms with Gasteiger partial charge in [-0.05, 0) is 92.3 Å². The van der Waals surface area contributed by atoms with Gasteiger partial charge in [0.1, 0.15) is 17.2 Å². The molecule has 3 heterocycles. The highest BCUT2D eigenvalue weighted by molar-refractivity contribution is 6.74. The molecule has 0 saturated carbocycles. The number of nitrogens with one attached hydrogen (secondary N) is 2. The van der Waals surface area contributed by atoms with Crippen molar-refractivity contribution in [3.63, 3.8) is 0 Å². The zero-order valence-corrected chi connectivity index (χ0v) is 28.5. The number of imide groups is 2. The molecule has 10 nitrogen and oxygen atoms in total. The Bertz CT molecular complexity index is 1460. The predicted octanol–water partition coefficient (Wildman–Crippen LogP) is 5.89. The molecule has 0 radical (unpaired) electrons. The van der Waals surface area contributed by atoms with E-state index in [9.17, 15) is 27.6 Å². The van der Waals surface area contributed by atoms with E-state index in [4.69, 9.17) is 9.16 Å². The van der Waals surface area contributed by atoms with Crippen LogP contribution < -0.4 is 20.1 Å². The average molecular weight is 677 g/mol. The lowest BCUT2D eigenvalue weighted by Gasteiger charge is -2.52. The Morgan fingerprint density at radius 1 is 0.830 bits per heavy atom. The predicted molar refractivity (Wildman–Crippen MR) is 170 cm³/mol. The van der Waals surface area contributed by atoms with Crippen molar-refractivity contribution < 1.29 is 41.5 Å². The van der Waals surface area contributed by atoms with Gasteiger partial charge in [-0.2, -0.15) is 0 Å². The number of barbiturate groups is 1. The fraction of sp³-hybridized carbons (Fsp3) is 0.545. The van der Waals surface area contributed by atoms with E-state index in [2.05, 4.69) is 54.1 Å². The average Bonchev–Trinajstić information content (AvgIpc) is 3.34. The number of likely N-dealkylation sites (tertiary alicyclic amines) is 2. The summed E-state index contributed by atoms with van der Waals surface area (Å²) >= 11 is 0. The minimum atomic E-state index is -4.81. The van der Waals surface area contributed by atoms with E-state index in [0.717, 1.165) is 50.9 Å². The normalized spacial score (nSPS) is 22.7. The Kier molecular flexibility index (Phi) is 9.54. The van der Waals surface area contributed by atoms with E-state index in [1.807, 2.05) is 4.90 Å². The van der Waals surface area contributed by atoms with Crippen LogP contribution in [0.1, 0.15) is 52.0 Å². The van der Waals surface area contributed by atoms with E-state index in [-0.39, 0.29) is 22.1 Å². The number of alkyl halides is 3. The molecule has 1 atom stereocenters. The molecule has 4 amide bonds. The number of carbonyl (C=O) groups is 3. The summed E-state index contributed by atoms with van der Waals surface area (Å²) in [6.07, 6.45) is -1.22. The number of hydrogen-bond donors (Lipinski definition) is 2. The summed E-state index contributed by atoms with van der Waals surface area (Å²) in [5.74, 6) is -1.22. The van der Waals surface area contributed by atoms with E-state index in [1.54, 1.807) is 24.3 Å². The maximum Gasteiger partial charge on any atom is 0.573 e. The topological polar surface area (TPSA) is 109 Å². The third-order valence-electron chi connectivity index (χ3n) is 10.1. The highest BCUT2D eigenvalue weighted by Crippen LogP contribution is 2.43. The number of halogens is 3. The number of urea groups is 1. The minimum Gasteiger partial charge on any atom is -0.457 e. The van der Waals surface area contributed by atoms with Crippen LogP contribution in [-0.2, 0) is 19.6 Å². The van der Waals surface area contributed by atoms with Crippen LogP contribution in [0.5, 0.6) is 17.2 Å². The van der Waals surface area contributed by atoms with Crippen LogP contribution >= 0.6 is 0 Å². The van der Waals surface area contributed by atoms with Crippen LogP contribution in [0.15, 0.2) is 48.5 Å². The summed E-state index contributed by atoms with van der Waals surface area (Å²) in [7, 11) is -1.93. The summed E-state index contributed by atoms with van der Waals surface area (Å²) in [5.41, 5.74) is -1.69. The van der Waals surface area contributed by atoms with Gasteiger partial charge in [-0.25, -0.2) is 4.79 Å². The van der Waals surface area contributed by atoms with Crippen molar-refractivity contribution in [2.75, 3.05) is 32.8 Å². The zero-order chi connectivity index (χ0) is 34.3. The van der Waals surface area contributed by atoms with Crippen molar-refractivity contribution in [3.8, 4) is 17.2 Å². The third kappa shape index (κ3) is 7.20. The number of amides is 4. The van der Waals surface area contributed by atoms with Crippen molar-refractivity contribution >= 4 is 26.2 Å². The molecule has 0 bridgehead atoms. The second-order valence-electron chi connectivity index (χ2n) is 14.0. The fourth-order valence-electron chi connectivity index (χ4n) is 6.69. The van der Waals surface area contributed by atoms with Crippen LogP contribution in [0.4, 0.5) is 18.0 Å². The molecule has 2 N–H and O–H groups in total. The van der Waals surface area contributed by atoms with Crippen molar-refractivity contribution in [2.24, 2.45) is 0 Å². The first-order chi connectivity index (χ1) is 21.9. The van der Waals surface area contributed by atoms with Gasteiger partial charge < -0.3 is 13.9 Å². The standard InChI is InChI=1S/C33H43F3N4O6Si/c1-30(2,3)47(4,5)44-21-20-39-18-6-16-31(39)17-7-19-40(22-31)32(27(41)37-29(43)38-28(32)42)23-8-10-24(11-9-23)45-25-12-14-26(15-13-25)46-33(34,35)36/h8-15H,6-7,16-22H2,1-5H3,(H2,37,38,41,42,43). The lowest BCUT2D eigenvalue weighted by molar-refractivity contribution is -0.274. The van der Waals surface area contributed by atoms with Gasteiger partial charge in [-0.15, -0.1) is 13.2 Å². The molecule has 14 heteroatoms. The van der Waals surface area contributed by atoms with E-state index < -0.39 is 38.1 Å². The summed E-state index contributed by atoms with van der Waals surface area (Å²) in [6.45, 7) is 14.3. The van der Waals surface area contributed by atoms with Gasteiger partial charge >= 0.3 is 12.4 Å². The zero-order valence-electron chi connectivity index (χ0n) is 27.5. The Morgan fingerprint density at radius 3 is 1.91 bits per heavy atom. The highest BCUT2D eigenvalue weighted by Gasteiger charge is 2.59. The molecular weight excluding hydrogens is 633 g/mol. The highest BCUT2D eigenvalue weighted by atomic mass is 28.4. The third-order valence-corrected chi connectivity index (χ3v) is 14.6. The monoisotopic (exact) mass is 676 g/mol. The van der Waals surface area contributed by atoms with Gasteiger partial charge in [0.2, 0.25) is 5.54 Å². The molecule has 3 saturated heterocycles. The Morgan fingerprint density at radius 2 is 1.36 bits per heavy atom. The molecule has 3 fully saturated rings. The van der Waals surface area contributed by atoms with Crippen LogP contribution in [-0.4, -0.2) is 80.6 Å². The molecule has 5 rings (SSSR count). The number of benzene rings is 2. The van der Waals surface area contributed by atoms with Crippen molar-refractivity contribution in [3.05, 3.63) is 54.1 Å². The van der Waals surface area contributed by atoms with E-state index in [0.29, 0.717) is 31.0 Å². The molecule has 0 aliphatic carbocycles. The van der Waals surface area contributed by atoms with Crippen LogP contribution in [0.25, 0.3) is 0 Å². The van der Waals surface area contributed by atoms with Crippen LogP contribution in [0, 0.1) is 0 Å². The molecule has 1 unspecified atom stereocenters. The number of carbonyl (C=O) groups excluding carboxylic acids is 3. The second-order valence-corrected chi connectivity index (χ2v) is 18.9. The summed E-state index contributed by atoms with van der Waals surface area (Å²) in [5, 5.41) is 4.74. The van der Waals surface area contributed by atoms with Gasteiger partial charge in [0.05, 0.1) is 0 Å². The Labute approximate surface area is 274 Å². The first-order valence-electron chi connectivity index (χ1n) is 15.9. The first-order valence-corrected chi connectivity index (χ1v) is 18.8. The smallest absolute Gasteiger partial charge is 0.457 e. The van der Waals surface area contributed by atoms with Crippen LogP contribution in [0.3, 0.4) is 0 Å². The quantitative estimate of drug-likeness (QED) is 0.250. The largest absolute Gasteiger partial charge is 0.573 e. The summed E-state index contributed by atoms with van der Waals surface area (Å²) < 4.78 is 53.8. The maximum atomic E-state index is 13.8. The van der Waals surface area contributed by atoms with E-state index >= 15 is 0 Å². The molecule has 3 aliphatic heterocycles. The number of nitrogens with zero attached hydrogens (tertiary/aromatic N) is 2. The molecule has 3 aliphatic rings. The van der Waals surface area contributed by atoms with Crippen molar-refractivity contribution in [1.82, 2.24) is 20.4 Å². The molecule has 2 aromatic carbocycles. The lowest BCUT2D eigenvalue weighted by Crippen LogP contribution is -2.73. The van der Waals surface area contributed by atoms with Gasteiger partial charge in [0.25, 0.3) is 11.8 Å². The van der Waals surface area contributed by atoms with Gasteiger partial charge in [0.15, 0.2) is 8.32 Å². The Balaban J connectivity index is 1.37. The molecular formula is C33H43F3N4O6Si. The summed E-state index contributed by atoms with van der Waals surface area (Å²) in [4.78, 5) is 44.2. The molecule has 2 aromatic rings. The molecule has 0 aromatic heterocycles. The number of piperidine rings is 1. The number of ether oxygens (including phenoxy) is 2. The van der Waals surface area contributed by atoms with Crippen molar-refractivity contribution in [1.29, 1.82) is 0 Å². The first kappa shape index (κ1) is 34.9. The SMILES string of the molecule is CC(C)(C)[Si](C)(C)OCCN1CCCC12CCCN(C1(c3ccc(Oc4ccc(OC(F)(F)F)cc4)cc3)C(=O)NC(=O)NC1=O)C2. The second kappa shape index (κ2) is 12.9. The maximum absolute atomic E-state index is 13.8. The van der Waals surface area contributed by atoms with Crippen LogP contribution in [0.2, 0.25) is 18.1 Å². The minimum absolute atomic E-state index is 0.0969. The Hall–Kier alpha value is -3.46. The van der Waals surface area contributed by atoms with Gasteiger partial charge in [-0.1, -0.05) is 32.9 Å². The molecule has 256 valence electrons. The molecule has 47 heavy (non-hydrogen) atoms. The van der Waals surface area contributed by atoms with E-state index in [1.165, 1.54) is 12.1 Å². The number of hydrogen-bond acceptors (Lipinski definition) is 8. The van der Waals surface area contributed by atoms with Gasteiger partial charge in [0, 0.05) is 31.8 Å². The number of rotatable bonds is 9. The summed E-state index contributed by atoms with van der Waals surface area (Å²) in [6, 6.07) is 10.4. The van der Waals surface area contributed by atoms with Gasteiger partial charge in [-0.3, -0.25) is 30.0 Å².